The van der Waals surface area contributed by atoms with Crippen molar-refractivity contribution >= 4 is 11.0 Å². The minimum atomic E-state index is -1.56. The Bertz CT molecular complexity index is 409. The van der Waals surface area contributed by atoms with Gasteiger partial charge in [-0.3, -0.25) is 4.68 Å². The molecule has 1 aromatic heterocycles. The molecule has 2 N–H and O–H groups in total. The lowest BCUT2D eigenvalue weighted by Crippen LogP contribution is -2.49. The maximum atomic E-state index is 11.2. The monoisotopic (exact) mass is 245 g/mol. The molecule has 0 saturated carbocycles. The van der Waals surface area contributed by atoms with Crippen molar-refractivity contribution in [1.82, 2.24) is 9.78 Å². The molecule has 90 valence electrons. The summed E-state index contributed by atoms with van der Waals surface area (Å²) in [4.78, 5) is 0. The largest absolute Gasteiger partial charge is 0.374 e. The van der Waals surface area contributed by atoms with Crippen LogP contribution in [0.25, 0.3) is 0 Å². The van der Waals surface area contributed by atoms with E-state index in [2.05, 4.69) is 5.10 Å². The summed E-state index contributed by atoms with van der Waals surface area (Å²) < 4.78 is 23.6. The second-order valence-corrected chi connectivity index (χ2v) is 4.69. The number of aryl methyl sites for hydroxylation is 1. The molecule has 1 aliphatic heterocycles. The molecule has 1 aliphatic rings. The number of methoxy groups -OCH3 is 1. The van der Waals surface area contributed by atoms with E-state index in [0.29, 0.717) is 24.8 Å². The molecule has 0 spiro atoms. The zero-order chi connectivity index (χ0) is 11.8. The molecule has 1 aromatic rings. The van der Waals surface area contributed by atoms with Gasteiger partial charge >= 0.3 is 0 Å². The van der Waals surface area contributed by atoms with Gasteiger partial charge in [0.25, 0.3) is 0 Å². The third kappa shape index (κ3) is 1.69. The van der Waals surface area contributed by atoms with Gasteiger partial charge in [0, 0.05) is 19.7 Å². The Kier molecular flexibility index (Phi) is 3.11. The lowest BCUT2D eigenvalue weighted by Gasteiger charge is -2.39. The summed E-state index contributed by atoms with van der Waals surface area (Å²) in [5.74, 6) is 0. The van der Waals surface area contributed by atoms with Gasteiger partial charge in [0.15, 0.2) is 10.6 Å². The number of hydrogen-bond acceptors (Lipinski definition) is 4. The normalized spacial score (nSPS) is 20.4. The smallest absolute Gasteiger partial charge is 0.164 e. The molecule has 0 amide bonds. The number of ether oxygens (including phenoxy) is 2. The van der Waals surface area contributed by atoms with Crippen LogP contribution in [0.2, 0.25) is 0 Å². The number of nitrogens with two attached hydrogens (primary N) is 1. The molecule has 1 saturated heterocycles. The van der Waals surface area contributed by atoms with Gasteiger partial charge in [0.2, 0.25) is 0 Å². The van der Waals surface area contributed by atoms with Crippen molar-refractivity contribution in [2.45, 2.75) is 24.1 Å². The molecule has 0 radical (unpaired) electrons. The van der Waals surface area contributed by atoms with E-state index < -0.39 is 16.6 Å². The van der Waals surface area contributed by atoms with Gasteiger partial charge in [0.05, 0.1) is 18.9 Å². The highest BCUT2D eigenvalue weighted by atomic mass is 32.2. The van der Waals surface area contributed by atoms with Crippen LogP contribution in [0.3, 0.4) is 0 Å². The minimum Gasteiger partial charge on any atom is -0.374 e. The molecular formula is C9H15N3O3S. The van der Waals surface area contributed by atoms with Crippen molar-refractivity contribution in [3.63, 3.8) is 0 Å². The second kappa shape index (κ2) is 4.25. The third-order valence-corrected chi connectivity index (χ3v) is 3.40. The van der Waals surface area contributed by atoms with Crippen molar-refractivity contribution in [3.05, 3.63) is 11.8 Å². The summed E-state index contributed by atoms with van der Waals surface area (Å²) in [5.41, 5.74) is 0.415. The van der Waals surface area contributed by atoms with Gasteiger partial charge in [-0.25, -0.2) is 9.35 Å². The first-order chi connectivity index (χ1) is 7.63. The van der Waals surface area contributed by atoms with E-state index in [0.717, 1.165) is 5.69 Å². The fraction of sp³-hybridized carbons (Fsp3) is 0.667. The van der Waals surface area contributed by atoms with E-state index in [1.807, 2.05) is 6.92 Å². The molecule has 1 unspecified atom stereocenters. The highest BCUT2D eigenvalue weighted by molar-refractivity contribution is 7.82. The van der Waals surface area contributed by atoms with Crippen LogP contribution in [-0.2, 0) is 32.6 Å². The second-order valence-electron chi connectivity index (χ2n) is 3.67. The summed E-state index contributed by atoms with van der Waals surface area (Å²) in [6.07, 6.45) is 0. The number of hydrogen-bond donors (Lipinski definition) is 1. The topological polar surface area (TPSA) is 79.4 Å². The molecule has 0 bridgehead atoms. The SMILES string of the molecule is CCn1nc(S(N)=O)cc1C1(OC)COC1. The van der Waals surface area contributed by atoms with Crippen molar-refractivity contribution < 1.29 is 13.7 Å². The maximum Gasteiger partial charge on any atom is 0.164 e. The van der Waals surface area contributed by atoms with E-state index in [4.69, 9.17) is 14.6 Å². The van der Waals surface area contributed by atoms with Gasteiger partial charge in [0.1, 0.15) is 11.0 Å². The first kappa shape index (κ1) is 11.7. The molecular weight excluding hydrogens is 230 g/mol. The van der Waals surface area contributed by atoms with Crippen LogP contribution >= 0.6 is 0 Å². The van der Waals surface area contributed by atoms with Crippen LogP contribution in [0.4, 0.5) is 0 Å². The van der Waals surface area contributed by atoms with E-state index >= 15 is 0 Å². The van der Waals surface area contributed by atoms with Crippen LogP contribution in [0.15, 0.2) is 11.1 Å². The molecule has 2 rings (SSSR count). The molecule has 0 aliphatic carbocycles. The van der Waals surface area contributed by atoms with Crippen molar-refractivity contribution in [2.24, 2.45) is 5.14 Å². The lowest BCUT2D eigenvalue weighted by atomic mass is 9.97. The third-order valence-electron chi connectivity index (χ3n) is 2.79. The van der Waals surface area contributed by atoms with E-state index in [1.165, 1.54) is 0 Å². The predicted molar refractivity (Wildman–Crippen MR) is 58.0 cm³/mol. The van der Waals surface area contributed by atoms with Crippen molar-refractivity contribution in [1.29, 1.82) is 0 Å². The fourth-order valence-corrected chi connectivity index (χ4v) is 2.16. The summed E-state index contributed by atoms with van der Waals surface area (Å²) in [6.45, 7) is 3.62. The molecule has 0 aromatic carbocycles. The van der Waals surface area contributed by atoms with Crippen LogP contribution in [0, 0.1) is 0 Å². The quantitative estimate of drug-likeness (QED) is 0.793. The number of rotatable bonds is 4. The van der Waals surface area contributed by atoms with Gasteiger partial charge in [-0.15, -0.1) is 0 Å². The molecule has 1 atom stereocenters. The zero-order valence-corrected chi connectivity index (χ0v) is 10.1. The summed E-state index contributed by atoms with van der Waals surface area (Å²) in [6, 6.07) is 1.73. The lowest BCUT2D eigenvalue weighted by molar-refractivity contribution is -0.206. The Morgan fingerprint density at radius 1 is 1.75 bits per heavy atom. The highest BCUT2D eigenvalue weighted by Gasteiger charge is 2.43. The molecule has 2 heterocycles. The van der Waals surface area contributed by atoms with E-state index in [9.17, 15) is 4.21 Å². The molecule has 6 nitrogen and oxygen atoms in total. The Morgan fingerprint density at radius 2 is 2.44 bits per heavy atom. The van der Waals surface area contributed by atoms with Crippen LogP contribution in [0.5, 0.6) is 0 Å². The first-order valence-electron chi connectivity index (χ1n) is 5.00. The van der Waals surface area contributed by atoms with Crippen LogP contribution in [-0.4, -0.2) is 34.3 Å². The van der Waals surface area contributed by atoms with Crippen molar-refractivity contribution in [3.8, 4) is 0 Å². The molecule has 7 heteroatoms. The number of nitrogens with zero attached hydrogens (tertiary/aromatic N) is 2. The average molecular weight is 245 g/mol. The van der Waals surface area contributed by atoms with Crippen LogP contribution in [0.1, 0.15) is 12.6 Å². The fourth-order valence-electron chi connectivity index (χ4n) is 1.76. The van der Waals surface area contributed by atoms with Gasteiger partial charge in [-0.1, -0.05) is 0 Å². The summed E-state index contributed by atoms with van der Waals surface area (Å²) in [7, 11) is 0.0705. The van der Waals surface area contributed by atoms with Crippen molar-refractivity contribution in [2.75, 3.05) is 20.3 Å². The Labute approximate surface area is 96.3 Å². The predicted octanol–water partition coefficient (Wildman–Crippen LogP) is -0.244. The molecule has 16 heavy (non-hydrogen) atoms. The zero-order valence-electron chi connectivity index (χ0n) is 9.30. The Balaban J connectivity index is 2.42. The highest BCUT2D eigenvalue weighted by Crippen LogP contribution is 2.33. The summed E-state index contributed by atoms with van der Waals surface area (Å²) in [5, 5.41) is 9.87. The molecule has 1 fully saturated rings. The Morgan fingerprint density at radius 3 is 2.81 bits per heavy atom. The van der Waals surface area contributed by atoms with E-state index in [1.54, 1.807) is 17.9 Å². The van der Waals surface area contributed by atoms with E-state index in [-0.39, 0.29) is 0 Å². The van der Waals surface area contributed by atoms with Gasteiger partial charge in [-0.05, 0) is 6.92 Å². The average Bonchev–Trinajstić information content (AvgIpc) is 2.62. The maximum absolute atomic E-state index is 11.2. The van der Waals surface area contributed by atoms with Gasteiger partial charge in [-0.2, -0.15) is 5.10 Å². The number of aromatic nitrogens is 2. The Hall–Kier alpha value is -0.760. The summed E-state index contributed by atoms with van der Waals surface area (Å²) >= 11 is 0. The standard InChI is InChI=1S/C9H15N3O3S/c1-3-12-7(4-8(11-12)16(10)13)9(14-2)5-15-6-9/h4H,3,5-6,10H2,1-2H3. The van der Waals surface area contributed by atoms with Gasteiger partial charge < -0.3 is 9.47 Å². The van der Waals surface area contributed by atoms with Crippen LogP contribution < -0.4 is 5.14 Å². The first-order valence-corrected chi connectivity index (χ1v) is 6.21. The minimum absolute atomic E-state index is 0.375.